The monoisotopic (exact) mass is 629 g/mol. The van der Waals surface area contributed by atoms with Crippen LogP contribution in [-0.2, 0) is 12.0 Å². The summed E-state index contributed by atoms with van der Waals surface area (Å²) in [5, 5.41) is 4.70. The fourth-order valence-corrected chi connectivity index (χ4v) is 10.2. The maximum Gasteiger partial charge on any atom is 0.175 e. The summed E-state index contributed by atoms with van der Waals surface area (Å²) in [6.07, 6.45) is 14.7. The maximum absolute atomic E-state index is 6.24. The molecule has 6 aliphatic rings. The van der Waals surface area contributed by atoms with Gasteiger partial charge in [0.15, 0.2) is 11.5 Å². The van der Waals surface area contributed by atoms with Gasteiger partial charge in [-0.05, 0) is 143 Å². The van der Waals surface area contributed by atoms with Crippen molar-refractivity contribution in [2.75, 3.05) is 12.4 Å². The van der Waals surface area contributed by atoms with Gasteiger partial charge in [-0.15, -0.1) is 0 Å². The third-order valence-corrected chi connectivity index (χ3v) is 11.8. The van der Waals surface area contributed by atoms with Gasteiger partial charge in [0.25, 0.3) is 0 Å². The highest BCUT2D eigenvalue weighted by atomic mass is 79.9. The van der Waals surface area contributed by atoms with Crippen LogP contribution in [0.15, 0.2) is 71.2 Å². The molecule has 0 saturated heterocycles. The molecule has 1 aliphatic heterocycles. The van der Waals surface area contributed by atoms with E-state index < -0.39 is 0 Å². The van der Waals surface area contributed by atoms with Gasteiger partial charge < -0.3 is 14.8 Å². The van der Waals surface area contributed by atoms with Crippen LogP contribution in [0.25, 0.3) is 0 Å². The van der Waals surface area contributed by atoms with Crippen molar-refractivity contribution < 1.29 is 9.47 Å². The van der Waals surface area contributed by atoms with Crippen LogP contribution in [0.1, 0.15) is 79.2 Å². The Balaban J connectivity index is 1.08. The molecule has 3 nitrogen and oxygen atoms in total. The van der Waals surface area contributed by atoms with Crippen molar-refractivity contribution in [3.05, 3.63) is 98.5 Å². The summed E-state index contributed by atoms with van der Waals surface area (Å²) in [7, 11) is 1.72. The van der Waals surface area contributed by atoms with Crippen molar-refractivity contribution in [3.8, 4) is 11.5 Å². The predicted octanol–water partition coefficient (Wildman–Crippen LogP) is 9.98. The average Bonchev–Trinajstić information content (AvgIpc) is 3.46. The highest BCUT2D eigenvalue weighted by Gasteiger charge is 2.52. The minimum absolute atomic E-state index is 0.198. The van der Waals surface area contributed by atoms with Gasteiger partial charge in [-0.3, -0.25) is 0 Å². The third-order valence-electron chi connectivity index (χ3n) is 10.9. The van der Waals surface area contributed by atoms with Crippen LogP contribution in [0.4, 0.5) is 5.69 Å². The van der Waals surface area contributed by atoms with E-state index in [0.29, 0.717) is 23.9 Å². The van der Waals surface area contributed by atoms with Crippen molar-refractivity contribution >= 4 is 33.2 Å². The van der Waals surface area contributed by atoms with E-state index in [2.05, 4.69) is 63.7 Å². The molecule has 3 aromatic carbocycles. The van der Waals surface area contributed by atoms with E-state index in [1.807, 2.05) is 24.3 Å². The van der Waals surface area contributed by atoms with Gasteiger partial charge in [-0.1, -0.05) is 48.0 Å². The van der Waals surface area contributed by atoms with E-state index in [-0.39, 0.29) is 6.04 Å². The summed E-state index contributed by atoms with van der Waals surface area (Å²) in [6, 6.07) is 19.8. The summed E-state index contributed by atoms with van der Waals surface area (Å²) in [4.78, 5) is 0. The van der Waals surface area contributed by atoms with Crippen molar-refractivity contribution in [3.63, 3.8) is 0 Å². The number of fused-ring (bicyclic) bond motifs is 3. The van der Waals surface area contributed by atoms with E-state index >= 15 is 0 Å². The van der Waals surface area contributed by atoms with Crippen LogP contribution in [0.3, 0.4) is 0 Å². The number of methoxy groups -OCH3 is 1. The van der Waals surface area contributed by atoms with Gasteiger partial charge in [-0.25, -0.2) is 0 Å². The summed E-state index contributed by atoms with van der Waals surface area (Å²) in [6.45, 7) is 0.446. The van der Waals surface area contributed by atoms with Crippen LogP contribution >= 0.6 is 27.5 Å². The largest absolute Gasteiger partial charge is 0.493 e. The second kappa shape index (κ2) is 10.1. The zero-order valence-corrected chi connectivity index (χ0v) is 25.9. The molecule has 212 valence electrons. The van der Waals surface area contributed by atoms with Crippen LogP contribution in [0.5, 0.6) is 11.5 Å². The molecule has 1 heterocycles. The Morgan fingerprint density at radius 2 is 1.68 bits per heavy atom. The molecule has 3 aromatic rings. The molecule has 5 aliphatic carbocycles. The first-order valence-corrected chi connectivity index (χ1v) is 16.5. The summed E-state index contributed by atoms with van der Waals surface area (Å²) in [5.41, 5.74) is 7.13. The Kier molecular flexibility index (Phi) is 6.45. The summed E-state index contributed by atoms with van der Waals surface area (Å²) in [5.74, 6) is 5.28. The first kappa shape index (κ1) is 26.2. The lowest BCUT2D eigenvalue weighted by atomic mass is 9.48. The minimum atomic E-state index is 0.198. The topological polar surface area (TPSA) is 30.5 Å². The first-order valence-electron chi connectivity index (χ1n) is 15.3. The lowest BCUT2D eigenvalue weighted by molar-refractivity contribution is -0.00523. The number of nitrogens with one attached hydrogen (secondary N) is 1. The van der Waals surface area contributed by atoms with E-state index in [1.165, 1.54) is 55.3 Å². The molecule has 3 atom stereocenters. The van der Waals surface area contributed by atoms with Crippen molar-refractivity contribution in [2.45, 2.75) is 68.9 Å². The Morgan fingerprint density at radius 1 is 0.951 bits per heavy atom. The fraction of sp³-hybridized carbons (Fsp3) is 0.444. The zero-order valence-electron chi connectivity index (χ0n) is 23.5. The molecule has 0 spiro atoms. The van der Waals surface area contributed by atoms with Gasteiger partial charge in [0.1, 0.15) is 6.61 Å². The minimum Gasteiger partial charge on any atom is -0.493 e. The molecule has 0 radical (unpaired) electrons. The predicted molar refractivity (Wildman–Crippen MR) is 169 cm³/mol. The lowest BCUT2D eigenvalue weighted by Gasteiger charge is -2.57. The molecule has 4 bridgehead atoms. The van der Waals surface area contributed by atoms with Crippen molar-refractivity contribution in [1.29, 1.82) is 0 Å². The number of benzene rings is 3. The van der Waals surface area contributed by atoms with Crippen molar-refractivity contribution in [1.82, 2.24) is 0 Å². The van der Waals surface area contributed by atoms with Gasteiger partial charge in [0.2, 0.25) is 0 Å². The SMILES string of the molecule is COc1cc([C@@H]2Nc3ccc(C45CC6CC(CC(C6)C4)C5)cc3[C@@H]3C=CC[C@@H]32)cc(Br)c1OCc1ccc(Cl)cc1. The van der Waals surface area contributed by atoms with Gasteiger partial charge in [0.05, 0.1) is 17.6 Å². The quantitative estimate of drug-likeness (QED) is 0.275. The average molecular weight is 631 g/mol. The molecular formula is C36H37BrClNO2. The number of halogens is 2. The van der Waals surface area contributed by atoms with Crippen LogP contribution in [0, 0.1) is 23.7 Å². The number of anilines is 1. The second-order valence-electron chi connectivity index (χ2n) is 13.4. The van der Waals surface area contributed by atoms with E-state index in [9.17, 15) is 0 Å². The number of rotatable bonds is 6. The van der Waals surface area contributed by atoms with E-state index in [1.54, 1.807) is 12.7 Å². The molecule has 0 amide bonds. The Hall–Kier alpha value is -2.43. The highest BCUT2D eigenvalue weighted by molar-refractivity contribution is 9.10. The number of hydrogen-bond donors (Lipinski definition) is 1. The van der Waals surface area contributed by atoms with Crippen molar-refractivity contribution in [2.24, 2.45) is 23.7 Å². The van der Waals surface area contributed by atoms with Crippen LogP contribution < -0.4 is 14.8 Å². The molecule has 4 fully saturated rings. The molecule has 0 aromatic heterocycles. The van der Waals surface area contributed by atoms with E-state index in [0.717, 1.165) is 50.7 Å². The zero-order chi connectivity index (χ0) is 27.7. The molecule has 9 rings (SSSR count). The number of hydrogen-bond acceptors (Lipinski definition) is 3. The Labute approximate surface area is 256 Å². The summed E-state index contributed by atoms with van der Waals surface area (Å²) < 4.78 is 13.0. The van der Waals surface area contributed by atoms with Gasteiger partial charge in [0, 0.05) is 16.6 Å². The maximum atomic E-state index is 6.24. The van der Waals surface area contributed by atoms with Crippen LogP contribution in [-0.4, -0.2) is 7.11 Å². The highest BCUT2D eigenvalue weighted by Crippen LogP contribution is 2.61. The standard InChI is InChI=1S/C36H37BrClNO2/c1-40-33-15-25(14-31(37)35(33)41-20-21-5-8-27(38)9-6-21)34-29-4-2-3-28(29)30-16-26(7-10-32(30)39-34)36-17-22-11-23(18-36)13-24(12-22)19-36/h2-3,5-10,14-16,22-24,28-29,34,39H,4,11-13,17-20H2,1H3/t22?,23?,24?,28-,29+,34+,36?/m1/s1. The molecule has 41 heavy (non-hydrogen) atoms. The normalized spacial score (nSPS) is 32.4. The Morgan fingerprint density at radius 3 is 2.39 bits per heavy atom. The second-order valence-corrected chi connectivity index (χ2v) is 14.7. The molecule has 4 saturated carbocycles. The third kappa shape index (κ3) is 4.52. The Bertz CT molecular complexity index is 1480. The molecule has 1 N–H and O–H groups in total. The lowest BCUT2D eigenvalue weighted by Crippen LogP contribution is -2.48. The molecule has 0 unspecified atom stereocenters. The first-order chi connectivity index (χ1) is 20.0. The van der Waals surface area contributed by atoms with E-state index in [4.69, 9.17) is 21.1 Å². The fourth-order valence-electron chi connectivity index (χ4n) is 9.51. The summed E-state index contributed by atoms with van der Waals surface area (Å²) >= 11 is 9.87. The van der Waals surface area contributed by atoms with Gasteiger partial charge in [-0.2, -0.15) is 0 Å². The van der Waals surface area contributed by atoms with Gasteiger partial charge >= 0.3 is 0 Å². The molecular weight excluding hydrogens is 594 g/mol. The number of allylic oxidation sites excluding steroid dienone is 2. The van der Waals surface area contributed by atoms with Crippen LogP contribution in [0.2, 0.25) is 5.02 Å². The molecule has 5 heteroatoms. The number of ether oxygens (including phenoxy) is 2. The smallest absolute Gasteiger partial charge is 0.175 e.